The summed E-state index contributed by atoms with van der Waals surface area (Å²) in [5.41, 5.74) is 1.99. The second-order valence-electron chi connectivity index (χ2n) is 9.63. The smallest absolute Gasteiger partial charge is 0.342 e. The molecule has 0 unspecified atom stereocenters. The van der Waals surface area contributed by atoms with Crippen molar-refractivity contribution in [2.45, 2.75) is 31.7 Å². The number of carbonyl (C=O) groups excluding carboxylic acids is 3. The predicted molar refractivity (Wildman–Crippen MR) is 140 cm³/mol. The Labute approximate surface area is 225 Å². The number of nitrogens with one attached hydrogen (secondary N) is 1. The van der Waals surface area contributed by atoms with Crippen molar-refractivity contribution in [3.8, 4) is 11.5 Å². The molecule has 0 spiro atoms. The van der Waals surface area contributed by atoms with Crippen LogP contribution in [0.2, 0.25) is 0 Å². The van der Waals surface area contributed by atoms with Crippen molar-refractivity contribution in [2.24, 2.45) is 0 Å². The van der Waals surface area contributed by atoms with Gasteiger partial charge < -0.3 is 24.6 Å². The van der Waals surface area contributed by atoms with E-state index in [0.717, 1.165) is 35.2 Å². The molecule has 0 aliphatic carbocycles. The van der Waals surface area contributed by atoms with Crippen LogP contribution in [0.25, 0.3) is 0 Å². The molecular formula is C28H30FN5O5. The third-order valence-electron chi connectivity index (χ3n) is 6.82. The standard InChI is InChI=1S/C28H30FN5O5/c1-32-24-15-22(38-12-11-33-10-3-2-7-26(33)35)8-9-25(24)39-18-23(27(32)36)31-28(37)34-17-20(16-30-34)13-19-5-4-6-21(29)14-19/h4-6,8-9,14-17,23H,2-3,7,10-13,18H2,1H3,(H,31,37)/t23-/m0/s1. The molecule has 3 aromatic rings. The number of hydrogen-bond donors (Lipinski definition) is 1. The molecule has 0 radical (unpaired) electrons. The van der Waals surface area contributed by atoms with Crippen LogP contribution in [0.1, 0.15) is 30.4 Å². The summed E-state index contributed by atoms with van der Waals surface area (Å²) in [6.07, 6.45) is 6.00. The van der Waals surface area contributed by atoms with Crippen molar-refractivity contribution in [1.82, 2.24) is 20.0 Å². The van der Waals surface area contributed by atoms with Crippen LogP contribution in [-0.4, -0.2) is 71.9 Å². The Bertz CT molecular complexity index is 1380. The molecular weight excluding hydrogens is 505 g/mol. The van der Waals surface area contributed by atoms with Crippen molar-refractivity contribution in [3.05, 3.63) is 71.8 Å². The van der Waals surface area contributed by atoms with Gasteiger partial charge in [-0.2, -0.15) is 9.78 Å². The van der Waals surface area contributed by atoms with Crippen LogP contribution < -0.4 is 19.7 Å². The number of likely N-dealkylation sites (tertiary alicyclic amines) is 1. The van der Waals surface area contributed by atoms with Crippen molar-refractivity contribution in [2.75, 3.05) is 38.3 Å². The van der Waals surface area contributed by atoms with Crippen molar-refractivity contribution >= 4 is 23.5 Å². The number of rotatable bonds is 7. The molecule has 1 N–H and O–H groups in total. The summed E-state index contributed by atoms with van der Waals surface area (Å²) in [6, 6.07) is 9.87. The van der Waals surface area contributed by atoms with Gasteiger partial charge in [0.15, 0.2) is 0 Å². The van der Waals surface area contributed by atoms with Crippen LogP contribution >= 0.6 is 0 Å². The molecule has 2 aliphatic heterocycles. The number of benzene rings is 2. The molecule has 3 heterocycles. The van der Waals surface area contributed by atoms with Gasteiger partial charge in [0.05, 0.1) is 18.4 Å². The third-order valence-corrected chi connectivity index (χ3v) is 6.82. The lowest BCUT2D eigenvalue weighted by Crippen LogP contribution is -2.50. The van der Waals surface area contributed by atoms with E-state index in [1.165, 1.54) is 23.2 Å². The Hall–Kier alpha value is -4.41. The Kier molecular flexibility index (Phi) is 7.76. The van der Waals surface area contributed by atoms with Crippen LogP contribution in [0.5, 0.6) is 11.5 Å². The summed E-state index contributed by atoms with van der Waals surface area (Å²) < 4.78 is 26.3. The lowest BCUT2D eigenvalue weighted by molar-refractivity contribution is -0.133. The molecule has 2 aromatic carbocycles. The molecule has 1 fully saturated rings. The van der Waals surface area contributed by atoms with E-state index in [1.807, 2.05) is 4.90 Å². The summed E-state index contributed by atoms with van der Waals surface area (Å²) in [4.78, 5) is 41.3. The van der Waals surface area contributed by atoms with E-state index in [4.69, 9.17) is 9.47 Å². The Morgan fingerprint density at radius 3 is 2.87 bits per heavy atom. The zero-order chi connectivity index (χ0) is 27.4. The van der Waals surface area contributed by atoms with E-state index >= 15 is 0 Å². The van der Waals surface area contributed by atoms with E-state index in [1.54, 1.807) is 43.6 Å². The van der Waals surface area contributed by atoms with Gasteiger partial charge in [0.25, 0.3) is 5.91 Å². The monoisotopic (exact) mass is 535 g/mol. The summed E-state index contributed by atoms with van der Waals surface area (Å²) >= 11 is 0. The molecule has 2 aliphatic rings. The minimum Gasteiger partial charge on any atom is -0.492 e. The predicted octanol–water partition coefficient (Wildman–Crippen LogP) is 2.99. The number of ether oxygens (including phenoxy) is 2. The van der Waals surface area contributed by atoms with Crippen molar-refractivity contribution in [3.63, 3.8) is 0 Å². The number of piperidine rings is 1. The minimum atomic E-state index is -0.944. The lowest BCUT2D eigenvalue weighted by Gasteiger charge is -2.26. The van der Waals surface area contributed by atoms with E-state index in [9.17, 15) is 18.8 Å². The fraction of sp³-hybridized carbons (Fsp3) is 0.357. The van der Waals surface area contributed by atoms with Crippen LogP contribution in [0.3, 0.4) is 0 Å². The number of hydrogen-bond acceptors (Lipinski definition) is 6. The molecule has 1 aromatic heterocycles. The molecule has 5 rings (SSSR count). The van der Waals surface area contributed by atoms with E-state index in [-0.39, 0.29) is 24.2 Å². The first-order valence-corrected chi connectivity index (χ1v) is 12.9. The average molecular weight is 536 g/mol. The quantitative estimate of drug-likeness (QED) is 0.499. The van der Waals surface area contributed by atoms with Gasteiger partial charge in [-0.15, -0.1) is 0 Å². The largest absolute Gasteiger partial charge is 0.492 e. The highest BCUT2D eigenvalue weighted by atomic mass is 19.1. The molecule has 204 valence electrons. The Balaban J connectivity index is 1.19. The van der Waals surface area contributed by atoms with Gasteiger partial charge in [0.1, 0.15) is 36.6 Å². The van der Waals surface area contributed by atoms with Gasteiger partial charge in [-0.25, -0.2) is 9.18 Å². The highest BCUT2D eigenvalue weighted by molar-refractivity contribution is 6.00. The number of carbonyl (C=O) groups is 3. The zero-order valence-electron chi connectivity index (χ0n) is 21.6. The number of aromatic nitrogens is 2. The summed E-state index contributed by atoms with van der Waals surface area (Å²) in [5.74, 6) is 0.494. The molecule has 39 heavy (non-hydrogen) atoms. The van der Waals surface area contributed by atoms with Gasteiger partial charge in [0.2, 0.25) is 5.91 Å². The summed E-state index contributed by atoms with van der Waals surface area (Å²) in [5, 5.41) is 6.77. The first kappa shape index (κ1) is 26.2. The van der Waals surface area contributed by atoms with Crippen LogP contribution in [0.4, 0.5) is 14.9 Å². The fourth-order valence-corrected chi connectivity index (χ4v) is 4.70. The van der Waals surface area contributed by atoms with Crippen molar-refractivity contribution in [1.29, 1.82) is 0 Å². The third kappa shape index (κ3) is 6.19. The molecule has 3 amide bonds. The number of likely N-dealkylation sites (N-methyl/N-ethyl adjacent to an activating group) is 1. The van der Waals surface area contributed by atoms with Gasteiger partial charge in [-0.3, -0.25) is 9.59 Å². The maximum Gasteiger partial charge on any atom is 0.342 e. The van der Waals surface area contributed by atoms with Gasteiger partial charge >= 0.3 is 6.03 Å². The number of halogens is 1. The number of nitrogens with zero attached hydrogens (tertiary/aromatic N) is 4. The first-order chi connectivity index (χ1) is 18.9. The molecule has 0 bridgehead atoms. The summed E-state index contributed by atoms with van der Waals surface area (Å²) in [6.45, 7) is 1.54. The first-order valence-electron chi connectivity index (χ1n) is 12.9. The van der Waals surface area contributed by atoms with E-state index in [0.29, 0.717) is 43.2 Å². The van der Waals surface area contributed by atoms with Crippen LogP contribution in [0, 0.1) is 5.82 Å². The SMILES string of the molecule is CN1C(=O)[C@@H](NC(=O)n2cc(Cc3cccc(F)c3)cn2)COc2ccc(OCCN3CCCCC3=O)cc21. The normalized spacial score (nSPS) is 17.3. The highest BCUT2D eigenvalue weighted by Gasteiger charge is 2.31. The van der Waals surface area contributed by atoms with Crippen LogP contribution in [0.15, 0.2) is 54.9 Å². The molecule has 0 saturated carbocycles. The topological polar surface area (TPSA) is 106 Å². The van der Waals surface area contributed by atoms with Gasteiger partial charge in [-0.05, 0) is 48.2 Å². The minimum absolute atomic E-state index is 0.0589. The molecule has 1 atom stereocenters. The average Bonchev–Trinajstić information content (AvgIpc) is 3.36. The highest BCUT2D eigenvalue weighted by Crippen LogP contribution is 2.34. The Morgan fingerprint density at radius 1 is 1.18 bits per heavy atom. The molecule has 10 nitrogen and oxygen atoms in total. The van der Waals surface area contributed by atoms with E-state index < -0.39 is 12.1 Å². The second kappa shape index (κ2) is 11.5. The maximum atomic E-state index is 13.5. The second-order valence-corrected chi connectivity index (χ2v) is 9.63. The lowest BCUT2D eigenvalue weighted by atomic mass is 10.1. The zero-order valence-corrected chi connectivity index (χ0v) is 21.6. The fourth-order valence-electron chi connectivity index (χ4n) is 4.70. The summed E-state index contributed by atoms with van der Waals surface area (Å²) in [7, 11) is 1.61. The van der Waals surface area contributed by atoms with E-state index in [2.05, 4.69) is 10.4 Å². The molecule has 11 heteroatoms. The van der Waals surface area contributed by atoms with Crippen molar-refractivity contribution < 1.29 is 28.2 Å². The number of fused-ring (bicyclic) bond motifs is 1. The van der Waals surface area contributed by atoms with Crippen LogP contribution in [-0.2, 0) is 16.0 Å². The Morgan fingerprint density at radius 2 is 2.05 bits per heavy atom. The number of amides is 3. The van der Waals surface area contributed by atoms with Gasteiger partial charge in [0, 0.05) is 38.7 Å². The molecule has 1 saturated heterocycles. The number of anilines is 1. The van der Waals surface area contributed by atoms with Gasteiger partial charge in [-0.1, -0.05) is 12.1 Å². The maximum absolute atomic E-state index is 13.5.